The molecule has 21 heavy (non-hydrogen) atoms. The van der Waals surface area contributed by atoms with Gasteiger partial charge in [-0.05, 0) is 12.5 Å². The SMILES string of the molecule is COC(=O)Cc1csc(NC(=O)Cc2cccc(C)c2)n1. The lowest BCUT2D eigenvalue weighted by Gasteiger charge is -2.03. The van der Waals surface area contributed by atoms with Gasteiger partial charge in [0.2, 0.25) is 5.91 Å². The van der Waals surface area contributed by atoms with E-state index in [4.69, 9.17) is 0 Å². The number of thiazole rings is 1. The molecule has 6 heteroatoms. The number of hydrogen-bond donors (Lipinski definition) is 1. The molecule has 0 unspecified atom stereocenters. The van der Waals surface area contributed by atoms with Crippen molar-refractivity contribution in [1.29, 1.82) is 0 Å². The first-order valence-electron chi connectivity index (χ1n) is 6.43. The Balaban J connectivity index is 1.92. The van der Waals surface area contributed by atoms with Crippen LogP contribution in [0.5, 0.6) is 0 Å². The molecule has 0 aliphatic rings. The van der Waals surface area contributed by atoms with Gasteiger partial charge in [-0.25, -0.2) is 4.98 Å². The first-order chi connectivity index (χ1) is 10.1. The molecule has 0 fully saturated rings. The molecule has 0 radical (unpaired) electrons. The first-order valence-corrected chi connectivity index (χ1v) is 7.31. The highest BCUT2D eigenvalue weighted by molar-refractivity contribution is 7.13. The summed E-state index contributed by atoms with van der Waals surface area (Å²) >= 11 is 1.29. The van der Waals surface area contributed by atoms with Gasteiger partial charge in [0.05, 0.1) is 25.6 Å². The topological polar surface area (TPSA) is 68.3 Å². The molecule has 5 nitrogen and oxygen atoms in total. The highest BCUT2D eigenvalue weighted by atomic mass is 32.1. The molecule has 1 aromatic carbocycles. The molecular weight excluding hydrogens is 288 g/mol. The Bertz CT molecular complexity index is 652. The zero-order valence-electron chi connectivity index (χ0n) is 11.9. The molecule has 0 aliphatic heterocycles. The van der Waals surface area contributed by atoms with Crippen LogP contribution >= 0.6 is 11.3 Å². The minimum atomic E-state index is -0.349. The van der Waals surface area contributed by atoms with E-state index in [-0.39, 0.29) is 18.3 Å². The Kier molecular flexibility index (Phi) is 5.05. The number of rotatable bonds is 5. The van der Waals surface area contributed by atoms with Gasteiger partial charge in [0.15, 0.2) is 5.13 Å². The van der Waals surface area contributed by atoms with Crippen LogP contribution in [0.4, 0.5) is 5.13 Å². The fraction of sp³-hybridized carbons (Fsp3) is 0.267. The fourth-order valence-electron chi connectivity index (χ4n) is 1.84. The van der Waals surface area contributed by atoms with Gasteiger partial charge in [0.1, 0.15) is 0 Å². The standard InChI is InChI=1S/C15H16N2O3S/c1-10-4-3-5-11(6-10)7-13(18)17-15-16-12(9-21-15)8-14(19)20-2/h3-6,9H,7-8H2,1-2H3,(H,16,17,18). The average Bonchev–Trinajstić information content (AvgIpc) is 2.85. The number of nitrogens with zero attached hydrogens (tertiary/aromatic N) is 1. The first kappa shape index (κ1) is 15.2. The van der Waals surface area contributed by atoms with Crippen LogP contribution in [0.25, 0.3) is 0 Å². The van der Waals surface area contributed by atoms with Crippen molar-refractivity contribution in [2.75, 3.05) is 12.4 Å². The lowest BCUT2D eigenvalue weighted by Crippen LogP contribution is -2.14. The molecule has 0 atom stereocenters. The number of ether oxygens (including phenoxy) is 1. The Morgan fingerprint density at radius 3 is 2.86 bits per heavy atom. The van der Waals surface area contributed by atoms with Gasteiger partial charge in [0, 0.05) is 5.38 Å². The summed E-state index contributed by atoms with van der Waals surface area (Å²) in [6, 6.07) is 7.80. The largest absolute Gasteiger partial charge is 0.469 e. The van der Waals surface area contributed by atoms with Gasteiger partial charge >= 0.3 is 5.97 Å². The van der Waals surface area contributed by atoms with E-state index in [0.717, 1.165) is 11.1 Å². The van der Waals surface area contributed by atoms with Gasteiger partial charge in [-0.15, -0.1) is 11.3 Å². The van der Waals surface area contributed by atoms with Gasteiger partial charge in [-0.1, -0.05) is 29.8 Å². The Hall–Kier alpha value is -2.21. The number of hydrogen-bond acceptors (Lipinski definition) is 5. The molecule has 0 bridgehead atoms. The molecule has 1 amide bonds. The van der Waals surface area contributed by atoms with Crippen LogP contribution in [0, 0.1) is 6.92 Å². The smallest absolute Gasteiger partial charge is 0.311 e. The van der Waals surface area contributed by atoms with Crippen molar-refractivity contribution in [2.24, 2.45) is 0 Å². The van der Waals surface area contributed by atoms with Crippen molar-refractivity contribution < 1.29 is 14.3 Å². The number of benzene rings is 1. The van der Waals surface area contributed by atoms with E-state index in [1.807, 2.05) is 31.2 Å². The van der Waals surface area contributed by atoms with Crippen LogP contribution in [0.3, 0.4) is 0 Å². The maximum atomic E-state index is 11.9. The second-order valence-electron chi connectivity index (χ2n) is 4.61. The maximum Gasteiger partial charge on any atom is 0.311 e. The number of aryl methyl sites for hydroxylation is 1. The van der Waals surface area contributed by atoms with Gasteiger partial charge < -0.3 is 10.1 Å². The lowest BCUT2D eigenvalue weighted by atomic mass is 10.1. The summed E-state index contributed by atoms with van der Waals surface area (Å²) in [6.45, 7) is 1.99. The fourth-order valence-corrected chi connectivity index (χ4v) is 2.56. The summed E-state index contributed by atoms with van der Waals surface area (Å²) in [5, 5.41) is 4.97. The predicted molar refractivity (Wildman–Crippen MR) is 81.3 cm³/mol. The number of amides is 1. The summed E-state index contributed by atoms with van der Waals surface area (Å²) in [4.78, 5) is 27.3. The summed E-state index contributed by atoms with van der Waals surface area (Å²) in [5.74, 6) is -0.475. The minimum Gasteiger partial charge on any atom is -0.469 e. The molecule has 2 aromatic rings. The summed E-state index contributed by atoms with van der Waals surface area (Å²) in [5.41, 5.74) is 2.67. The molecule has 0 spiro atoms. The third-order valence-corrected chi connectivity index (χ3v) is 3.60. The van der Waals surface area contributed by atoms with E-state index >= 15 is 0 Å². The van der Waals surface area contributed by atoms with E-state index in [1.165, 1.54) is 18.4 Å². The van der Waals surface area contributed by atoms with Crippen LogP contribution < -0.4 is 5.32 Å². The number of carbonyl (C=O) groups excluding carboxylic acids is 2. The molecule has 1 heterocycles. The normalized spacial score (nSPS) is 10.2. The molecule has 2 rings (SSSR count). The van der Waals surface area contributed by atoms with E-state index in [0.29, 0.717) is 17.2 Å². The lowest BCUT2D eigenvalue weighted by molar-refractivity contribution is -0.139. The van der Waals surface area contributed by atoms with Crippen LogP contribution in [-0.2, 0) is 27.2 Å². The Morgan fingerprint density at radius 1 is 1.33 bits per heavy atom. The number of esters is 1. The summed E-state index contributed by atoms with van der Waals surface area (Å²) < 4.78 is 4.57. The molecule has 1 aromatic heterocycles. The van der Waals surface area contributed by atoms with E-state index in [1.54, 1.807) is 5.38 Å². The van der Waals surface area contributed by atoms with Crippen LogP contribution in [0.1, 0.15) is 16.8 Å². The van der Waals surface area contributed by atoms with Gasteiger partial charge in [-0.2, -0.15) is 0 Å². The number of carbonyl (C=O) groups is 2. The second kappa shape index (κ2) is 6.99. The number of methoxy groups -OCH3 is 1. The van der Waals surface area contributed by atoms with Crippen molar-refractivity contribution in [1.82, 2.24) is 4.98 Å². The number of nitrogens with one attached hydrogen (secondary N) is 1. The Labute approximate surface area is 127 Å². The number of aromatic nitrogens is 1. The predicted octanol–water partition coefficient (Wildman–Crippen LogP) is 2.35. The molecule has 0 aliphatic carbocycles. The van der Waals surface area contributed by atoms with Crippen molar-refractivity contribution in [2.45, 2.75) is 19.8 Å². The summed E-state index contributed by atoms with van der Waals surface area (Å²) in [7, 11) is 1.33. The van der Waals surface area contributed by atoms with E-state index in [9.17, 15) is 9.59 Å². The third-order valence-electron chi connectivity index (χ3n) is 2.80. The van der Waals surface area contributed by atoms with E-state index < -0.39 is 0 Å². The molecule has 0 saturated heterocycles. The third kappa shape index (κ3) is 4.68. The second-order valence-corrected chi connectivity index (χ2v) is 5.47. The highest BCUT2D eigenvalue weighted by Crippen LogP contribution is 2.16. The summed E-state index contributed by atoms with van der Waals surface area (Å²) in [6.07, 6.45) is 0.411. The van der Waals surface area contributed by atoms with Crippen molar-refractivity contribution in [3.63, 3.8) is 0 Å². The molecule has 110 valence electrons. The molecular formula is C15H16N2O3S. The minimum absolute atomic E-state index is 0.112. The zero-order valence-corrected chi connectivity index (χ0v) is 12.7. The van der Waals surface area contributed by atoms with Crippen molar-refractivity contribution in [3.05, 3.63) is 46.5 Å². The van der Waals surface area contributed by atoms with Crippen LogP contribution in [0.2, 0.25) is 0 Å². The van der Waals surface area contributed by atoms with Gasteiger partial charge in [-0.3, -0.25) is 9.59 Å². The van der Waals surface area contributed by atoms with Crippen molar-refractivity contribution in [3.8, 4) is 0 Å². The molecule has 0 saturated carbocycles. The van der Waals surface area contributed by atoms with Gasteiger partial charge in [0.25, 0.3) is 0 Å². The monoisotopic (exact) mass is 304 g/mol. The van der Waals surface area contributed by atoms with E-state index in [2.05, 4.69) is 15.0 Å². The maximum absolute atomic E-state index is 11.9. The van der Waals surface area contributed by atoms with Crippen LogP contribution in [0.15, 0.2) is 29.6 Å². The quantitative estimate of drug-likeness (QED) is 0.861. The van der Waals surface area contributed by atoms with Crippen LogP contribution in [-0.4, -0.2) is 24.0 Å². The Morgan fingerprint density at radius 2 is 2.14 bits per heavy atom. The molecule has 1 N–H and O–H groups in total. The average molecular weight is 304 g/mol. The van der Waals surface area contributed by atoms with Crippen molar-refractivity contribution >= 4 is 28.3 Å². The number of anilines is 1. The zero-order chi connectivity index (χ0) is 15.2. The highest BCUT2D eigenvalue weighted by Gasteiger charge is 2.10.